The van der Waals surface area contributed by atoms with E-state index in [1.165, 1.54) is 28.6 Å². The third kappa shape index (κ3) is 5.36. The molecule has 0 aliphatic rings. The van der Waals surface area contributed by atoms with Gasteiger partial charge in [0.25, 0.3) is 5.91 Å². The van der Waals surface area contributed by atoms with Crippen LogP contribution in [0.2, 0.25) is 0 Å². The van der Waals surface area contributed by atoms with E-state index in [1.807, 2.05) is 0 Å². The number of sulfonamides is 1. The minimum atomic E-state index is -3.63. The van der Waals surface area contributed by atoms with Gasteiger partial charge in [0.05, 0.1) is 4.90 Å². The van der Waals surface area contributed by atoms with Crippen LogP contribution in [0.15, 0.2) is 47.4 Å². The zero-order valence-electron chi connectivity index (χ0n) is 15.8. The summed E-state index contributed by atoms with van der Waals surface area (Å²) in [4.78, 5) is 23.7. The van der Waals surface area contributed by atoms with E-state index < -0.39 is 45.7 Å². The first-order valence-corrected chi connectivity index (χ1v) is 10.2. The van der Waals surface area contributed by atoms with Crippen LogP contribution in [0.4, 0.5) is 14.5 Å². The van der Waals surface area contributed by atoms with Crippen molar-refractivity contribution in [3.05, 3.63) is 59.7 Å². The molecule has 0 heterocycles. The first-order chi connectivity index (χ1) is 13.7. The first-order valence-electron chi connectivity index (χ1n) is 8.71. The molecule has 0 unspecified atom stereocenters. The number of amides is 1. The predicted octanol–water partition coefficient (Wildman–Crippen LogP) is 2.79. The highest BCUT2D eigenvalue weighted by atomic mass is 32.2. The van der Waals surface area contributed by atoms with Crippen LogP contribution in [-0.2, 0) is 19.6 Å². The van der Waals surface area contributed by atoms with Gasteiger partial charge < -0.3 is 10.1 Å². The summed E-state index contributed by atoms with van der Waals surface area (Å²) in [5, 5.41) is 2.40. The lowest BCUT2D eigenvalue weighted by atomic mass is 10.2. The third-order valence-corrected chi connectivity index (χ3v) is 6.05. The van der Waals surface area contributed by atoms with E-state index in [1.54, 1.807) is 13.8 Å². The van der Waals surface area contributed by atoms with E-state index in [0.29, 0.717) is 13.1 Å². The number of anilines is 1. The molecule has 0 saturated carbocycles. The van der Waals surface area contributed by atoms with Gasteiger partial charge in [-0.05, 0) is 36.4 Å². The number of benzene rings is 2. The normalized spacial score (nSPS) is 11.3. The number of carbonyl (C=O) groups is 2. The van der Waals surface area contributed by atoms with Gasteiger partial charge in [0.15, 0.2) is 6.61 Å². The molecule has 0 aliphatic carbocycles. The Morgan fingerprint density at radius 1 is 1.00 bits per heavy atom. The smallest absolute Gasteiger partial charge is 0.344 e. The maximum Gasteiger partial charge on any atom is 0.344 e. The molecule has 0 saturated heterocycles. The third-order valence-electron chi connectivity index (χ3n) is 3.98. The average molecular weight is 426 g/mol. The molecule has 7 nitrogen and oxygen atoms in total. The van der Waals surface area contributed by atoms with Gasteiger partial charge in [-0.25, -0.2) is 22.0 Å². The van der Waals surface area contributed by atoms with E-state index >= 15 is 0 Å². The Morgan fingerprint density at radius 3 is 2.07 bits per heavy atom. The molecule has 10 heteroatoms. The van der Waals surface area contributed by atoms with Crippen molar-refractivity contribution in [3.8, 4) is 0 Å². The minimum Gasteiger partial charge on any atom is -0.452 e. The average Bonchev–Trinajstić information content (AvgIpc) is 2.67. The van der Waals surface area contributed by atoms with Gasteiger partial charge in [-0.1, -0.05) is 19.9 Å². The Morgan fingerprint density at radius 2 is 1.55 bits per heavy atom. The number of hydrogen-bond acceptors (Lipinski definition) is 5. The van der Waals surface area contributed by atoms with E-state index in [2.05, 4.69) is 10.1 Å². The van der Waals surface area contributed by atoms with Crippen molar-refractivity contribution >= 4 is 27.6 Å². The van der Waals surface area contributed by atoms with Gasteiger partial charge in [-0.15, -0.1) is 0 Å². The van der Waals surface area contributed by atoms with Gasteiger partial charge >= 0.3 is 5.97 Å². The predicted molar refractivity (Wildman–Crippen MR) is 102 cm³/mol. The Balaban J connectivity index is 1.99. The summed E-state index contributed by atoms with van der Waals surface area (Å²) >= 11 is 0. The van der Waals surface area contributed by atoms with Gasteiger partial charge in [-0.2, -0.15) is 4.31 Å². The molecule has 0 atom stereocenters. The standard InChI is InChI=1S/C19H20F2N2O5S/c1-3-23(4-2)29(26,27)14-10-8-13(9-11-14)22-17(24)12-28-19(25)18-15(20)6-5-7-16(18)21/h5-11H,3-4,12H2,1-2H3,(H,22,24). The van der Waals surface area contributed by atoms with Crippen LogP contribution in [0.3, 0.4) is 0 Å². The Hall–Kier alpha value is -2.85. The molecular formula is C19H20F2N2O5S. The SMILES string of the molecule is CCN(CC)S(=O)(=O)c1ccc(NC(=O)COC(=O)c2c(F)cccc2F)cc1. The number of rotatable bonds is 8. The van der Waals surface area contributed by atoms with Crippen molar-refractivity contribution in [1.29, 1.82) is 0 Å². The second kappa shape index (κ2) is 9.57. The molecule has 0 radical (unpaired) electrons. The lowest BCUT2D eigenvalue weighted by Crippen LogP contribution is -2.30. The number of halogens is 2. The molecule has 2 aromatic rings. The van der Waals surface area contributed by atoms with E-state index in [4.69, 9.17) is 0 Å². The number of nitrogens with one attached hydrogen (secondary N) is 1. The fraction of sp³-hybridized carbons (Fsp3) is 0.263. The second-order valence-electron chi connectivity index (χ2n) is 5.83. The summed E-state index contributed by atoms with van der Waals surface area (Å²) in [6.45, 7) is 3.33. The molecule has 0 aliphatic heterocycles. The molecule has 29 heavy (non-hydrogen) atoms. The Labute approximate surface area is 167 Å². The Kier molecular flexibility index (Phi) is 7.40. The zero-order valence-corrected chi connectivity index (χ0v) is 16.6. The highest BCUT2D eigenvalue weighted by Gasteiger charge is 2.22. The van der Waals surface area contributed by atoms with Crippen LogP contribution in [0.25, 0.3) is 0 Å². The monoisotopic (exact) mass is 426 g/mol. The lowest BCUT2D eigenvalue weighted by molar-refractivity contribution is -0.119. The van der Waals surface area contributed by atoms with Crippen molar-refractivity contribution in [2.45, 2.75) is 18.7 Å². The molecule has 0 aromatic heterocycles. The maximum absolute atomic E-state index is 13.5. The van der Waals surface area contributed by atoms with E-state index in [-0.39, 0.29) is 10.6 Å². The molecule has 1 N–H and O–H groups in total. The van der Waals surface area contributed by atoms with Gasteiger partial charge in [-0.3, -0.25) is 4.79 Å². The largest absolute Gasteiger partial charge is 0.452 e. The van der Waals surface area contributed by atoms with Crippen LogP contribution in [0.1, 0.15) is 24.2 Å². The van der Waals surface area contributed by atoms with Crippen molar-refractivity contribution in [2.75, 3.05) is 25.0 Å². The summed E-state index contributed by atoms with van der Waals surface area (Å²) in [6, 6.07) is 8.33. The zero-order chi connectivity index (χ0) is 21.6. The fourth-order valence-corrected chi connectivity index (χ4v) is 3.97. The van der Waals surface area contributed by atoms with E-state index in [9.17, 15) is 26.8 Å². The van der Waals surface area contributed by atoms with Crippen molar-refractivity contribution in [2.24, 2.45) is 0 Å². The second-order valence-corrected chi connectivity index (χ2v) is 7.77. The van der Waals surface area contributed by atoms with Crippen molar-refractivity contribution in [1.82, 2.24) is 4.31 Å². The quantitative estimate of drug-likeness (QED) is 0.656. The highest BCUT2D eigenvalue weighted by Crippen LogP contribution is 2.18. The minimum absolute atomic E-state index is 0.0701. The molecule has 0 bridgehead atoms. The number of esters is 1. The van der Waals surface area contributed by atoms with Gasteiger partial charge in [0, 0.05) is 18.8 Å². The van der Waals surface area contributed by atoms with Gasteiger partial charge in [0.1, 0.15) is 17.2 Å². The molecule has 156 valence electrons. The molecule has 0 fully saturated rings. The number of hydrogen-bond donors (Lipinski definition) is 1. The van der Waals surface area contributed by atoms with Crippen LogP contribution in [0, 0.1) is 11.6 Å². The molecule has 1 amide bonds. The molecular weight excluding hydrogens is 406 g/mol. The van der Waals surface area contributed by atoms with Crippen LogP contribution >= 0.6 is 0 Å². The summed E-state index contributed by atoms with van der Waals surface area (Å²) in [6.07, 6.45) is 0. The number of carbonyl (C=O) groups excluding carboxylic acids is 2. The lowest BCUT2D eigenvalue weighted by Gasteiger charge is -2.18. The summed E-state index contributed by atoms with van der Waals surface area (Å²) in [7, 11) is -3.63. The summed E-state index contributed by atoms with van der Waals surface area (Å²) in [5.74, 6) is -4.26. The highest BCUT2D eigenvalue weighted by molar-refractivity contribution is 7.89. The van der Waals surface area contributed by atoms with Crippen molar-refractivity contribution in [3.63, 3.8) is 0 Å². The number of ether oxygens (including phenoxy) is 1. The number of nitrogens with zero attached hydrogens (tertiary/aromatic N) is 1. The van der Waals surface area contributed by atoms with Crippen LogP contribution < -0.4 is 5.32 Å². The summed E-state index contributed by atoms with van der Waals surface area (Å²) in [5.41, 5.74) is -0.618. The Bertz CT molecular complexity index is 970. The summed E-state index contributed by atoms with van der Waals surface area (Å²) < 4.78 is 57.8. The molecule has 0 spiro atoms. The van der Waals surface area contributed by atoms with Gasteiger partial charge in [0.2, 0.25) is 10.0 Å². The first kappa shape index (κ1) is 22.4. The molecule has 2 aromatic carbocycles. The van der Waals surface area contributed by atoms with Crippen LogP contribution in [-0.4, -0.2) is 44.3 Å². The van der Waals surface area contributed by atoms with Crippen LogP contribution in [0.5, 0.6) is 0 Å². The van der Waals surface area contributed by atoms with Crippen molar-refractivity contribution < 1.29 is 31.5 Å². The topological polar surface area (TPSA) is 92.8 Å². The fourth-order valence-electron chi connectivity index (χ4n) is 2.52. The van der Waals surface area contributed by atoms with E-state index in [0.717, 1.165) is 18.2 Å². The molecule has 2 rings (SSSR count). The maximum atomic E-state index is 13.5.